The smallest absolute Gasteiger partial charge is 0.240 e. The molecular weight excluding hydrogens is 294 g/mol. The largest absolute Gasteiger partial charge is 0.397 e. The summed E-state index contributed by atoms with van der Waals surface area (Å²) < 4.78 is 35.9. The first-order valence-corrected chi connectivity index (χ1v) is 8.13. The van der Waals surface area contributed by atoms with Crippen LogP contribution in [-0.4, -0.2) is 48.9 Å². The van der Waals surface area contributed by atoms with Crippen molar-refractivity contribution < 1.29 is 17.9 Å². The van der Waals surface area contributed by atoms with Crippen molar-refractivity contribution in [2.75, 3.05) is 51.6 Å². The lowest BCUT2D eigenvalue weighted by atomic mass is 10.2. The van der Waals surface area contributed by atoms with Crippen LogP contribution in [0.2, 0.25) is 0 Å². The van der Waals surface area contributed by atoms with Crippen molar-refractivity contribution in [1.29, 1.82) is 0 Å². The van der Waals surface area contributed by atoms with E-state index in [2.05, 4.69) is 10.0 Å². The number of benzene rings is 1. The van der Waals surface area contributed by atoms with Crippen molar-refractivity contribution in [2.24, 2.45) is 0 Å². The van der Waals surface area contributed by atoms with Gasteiger partial charge in [-0.05, 0) is 31.7 Å². The van der Waals surface area contributed by atoms with Crippen molar-refractivity contribution in [1.82, 2.24) is 4.72 Å². The Labute approximate surface area is 125 Å². The van der Waals surface area contributed by atoms with E-state index in [-0.39, 0.29) is 4.90 Å². The number of methoxy groups -OCH3 is 1. The maximum Gasteiger partial charge on any atom is 0.240 e. The molecule has 0 aromatic heterocycles. The third kappa shape index (κ3) is 5.88. The summed E-state index contributed by atoms with van der Waals surface area (Å²) >= 11 is 0. The van der Waals surface area contributed by atoms with Crippen LogP contribution < -0.4 is 15.8 Å². The van der Waals surface area contributed by atoms with E-state index >= 15 is 0 Å². The molecule has 8 heteroatoms. The molecule has 0 heterocycles. The highest BCUT2D eigenvalue weighted by atomic mass is 32.2. The second kappa shape index (κ2) is 8.83. The lowest BCUT2D eigenvalue weighted by molar-refractivity contribution is 0.0705. The first-order valence-electron chi connectivity index (χ1n) is 6.65. The molecule has 0 bridgehead atoms. The zero-order valence-electron chi connectivity index (χ0n) is 12.4. The van der Waals surface area contributed by atoms with Crippen molar-refractivity contribution in [3.8, 4) is 0 Å². The molecule has 0 aliphatic rings. The van der Waals surface area contributed by atoms with Crippen LogP contribution in [-0.2, 0) is 19.5 Å². The molecule has 0 spiro atoms. The van der Waals surface area contributed by atoms with Crippen molar-refractivity contribution >= 4 is 21.4 Å². The highest BCUT2D eigenvalue weighted by Crippen LogP contribution is 2.22. The molecule has 0 saturated heterocycles. The number of sulfonamides is 1. The van der Waals surface area contributed by atoms with Gasteiger partial charge in [0.25, 0.3) is 0 Å². The van der Waals surface area contributed by atoms with Gasteiger partial charge >= 0.3 is 0 Å². The molecule has 120 valence electrons. The molecule has 1 aromatic rings. The van der Waals surface area contributed by atoms with Crippen LogP contribution in [0.4, 0.5) is 11.4 Å². The van der Waals surface area contributed by atoms with Crippen LogP contribution in [0.15, 0.2) is 23.1 Å². The molecule has 4 N–H and O–H groups in total. The molecule has 0 aliphatic carbocycles. The molecule has 1 aromatic carbocycles. The Balaban J connectivity index is 2.50. The monoisotopic (exact) mass is 317 g/mol. The molecule has 0 amide bonds. The average Bonchev–Trinajstić information content (AvgIpc) is 2.47. The SMILES string of the molecule is CNS(=O)(=O)c1ccc(N)c(NCCCOCCOC)c1. The van der Waals surface area contributed by atoms with E-state index < -0.39 is 10.0 Å². The summed E-state index contributed by atoms with van der Waals surface area (Å²) in [5, 5.41) is 3.11. The lowest BCUT2D eigenvalue weighted by Crippen LogP contribution is -2.19. The fourth-order valence-electron chi connectivity index (χ4n) is 1.62. The van der Waals surface area contributed by atoms with Gasteiger partial charge in [0.1, 0.15) is 0 Å². The molecule has 0 fully saturated rings. The Morgan fingerprint density at radius 1 is 1.24 bits per heavy atom. The molecule has 0 saturated carbocycles. The number of nitrogens with two attached hydrogens (primary N) is 1. The molecule has 0 aliphatic heterocycles. The van der Waals surface area contributed by atoms with Gasteiger partial charge in [-0.1, -0.05) is 0 Å². The standard InChI is InChI=1S/C13H23N3O4S/c1-15-21(17,18)11-4-5-12(14)13(10-11)16-6-3-7-20-9-8-19-2/h4-5,10,15-16H,3,6-9,14H2,1-2H3. The number of hydrogen-bond acceptors (Lipinski definition) is 6. The van der Waals surface area contributed by atoms with E-state index in [1.807, 2.05) is 0 Å². The first-order chi connectivity index (χ1) is 10.0. The van der Waals surface area contributed by atoms with E-state index in [0.29, 0.717) is 37.7 Å². The number of anilines is 2. The van der Waals surface area contributed by atoms with Gasteiger partial charge < -0.3 is 20.5 Å². The van der Waals surface area contributed by atoms with Crippen LogP contribution in [0, 0.1) is 0 Å². The van der Waals surface area contributed by atoms with Crippen LogP contribution in [0.5, 0.6) is 0 Å². The van der Waals surface area contributed by atoms with E-state index in [1.54, 1.807) is 13.2 Å². The molecule has 7 nitrogen and oxygen atoms in total. The van der Waals surface area contributed by atoms with Gasteiger partial charge in [0, 0.05) is 20.3 Å². The summed E-state index contributed by atoms with van der Waals surface area (Å²) in [6.45, 7) is 2.38. The van der Waals surface area contributed by atoms with Gasteiger partial charge in [0.15, 0.2) is 0 Å². The van der Waals surface area contributed by atoms with Gasteiger partial charge in [-0.15, -0.1) is 0 Å². The number of hydrogen-bond donors (Lipinski definition) is 3. The predicted molar refractivity (Wildman–Crippen MR) is 82.9 cm³/mol. The Kier molecular flexibility index (Phi) is 7.44. The molecule has 0 atom stereocenters. The quantitative estimate of drug-likeness (QED) is 0.432. The normalized spacial score (nSPS) is 11.5. The zero-order chi connectivity index (χ0) is 15.7. The fourth-order valence-corrected chi connectivity index (χ4v) is 2.37. The number of ether oxygens (including phenoxy) is 2. The van der Waals surface area contributed by atoms with Crippen molar-refractivity contribution in [3.05, 3.63) is 18.2 Å². The number of nitrogens with one attached hydrogen (secondary N) is 2. The third-order valence-electron chi connectivity index (χ3n) is 2.82. The van der Waals surface area contributed by atoms with Gasteiger partial charge in [0.2, 0.25) is 10.0 Å². The van der Waals surface area contributed by atoms with E-state index in [9.17, 15) is 8.42 Å². The van der Waals surface area contributed by atoms with Crippen LogP contribution in [0.3, 0.4) is 0 Å². The summed E-state index contributed by atoms with van der Waals surface area (Å²) in [6, 6.07) is 4.56. The molecule has 0 unspecified atom stereocenters. The Morgan fingerprint density at radius 3 is 2.67 bits per heavy atom. The van der Waals surface area contributed by atoms with Gasteiger partial charge in [-0.25, -0.2) is 13.1 Å². The second-order valence-corrected chi connectivity index (χ2v) is 6.23. The van der Waals surface area contributed by atoms with E-state index in [4.69, 9.17) is 15.2 Å². The minimum absolute atomic E-state index is 0.179. The maximum atomic E-state index is 11.7. The summed E-state index contributed by atoms with van der Waals surface area (Å²) in [4.78, 5) is 0.179. The summed E-state index contributed by atoms with van der Waals surface area (Å²) in [7, 11) is -0.471. The van der Waals surface area contributed by atoms with Crippen molar-refractivity contribution in [2.45, 2.75) is 11.3 Å². The first kappa shape index (κ1) is 17.7. The highest BCUT2D eigenvalue weighted by molar-refractivity contribution is 7.89. The van der Waals surface area contributed by atoms with Crippen LogP contribution in [0.25, 0.3) is 0 Å². The molecule has 0 radical (unpaired) electrons. The minimum atomic E-state index is -3.47. The second-order valence-electron chi connectivity index (χ2n) is 4.34. The molecular formula is C13H23N3O4S. The Hall–Kier alpha value is -1.35. The average molecular weight is 317 g/mol. The summed E-state index contributed by atoms with van der Waals surface area (Å²) in [5.41, 5.74) is 6.93. The third-order valence-corrected chi connectivity index (χ3v) is 4.23. The summed E-state index contributed by atoms with van der Waals surface area (Å²) in [5.74, 6) is 0. The molecule has 21 heavy (non-hydrogen) atoms. The molecule has 1 rings (SSSR count). The van der Waals surface area contributed by atoms with Crippen molar-refractivity contribution in [3.63, 3.8) is 0 Å². The van der Waals surface area contributed by atoms with Crippen LogP contribution in [0.1, 0.15) is 6.42 Å². The van der Waals surface area contributed by atoms with E-state index in [0.717, 1.165) is 6.42 Å². The minimum Gasteiger partial charge on any atom is -0.397 e. The predicted octanol–water partition coefficient (Wildman–Crippen LogP) is 0.642. The highest BCUT2D eigenvalue weighted by Gasteiger charge is 2.12. The van der Waals surface area contributed by atoms with Gasteiger partial charge in [-0.3, -0.25) is 0 Å². The van der Waals surface area contributed by atoms with E-state index in [1.165, 1.54) is 19.2 Å². The zero-order valence-corrected chi connectivity index (χ0v) is 13.2. The van der Waals surface area contributed by atoms with Gasteiger partial charge in [-0.2, -0.15) is 0 Å². The Bertz CT molecular complexity index is 534. The summed E-state index contributed by atoms with van der Waals surface area (Å²) in [6.07, 6.45) is 0.784. The number of nitrogen functional groups attached to an aromatic ring is 1. The lowest BCUT2D eigenvalue weighted by Gasteiger charge is -2.11. The van der Waals surface area contributed by atoms with Gasteiger partial charge in [0.05, 0.1) is 29.5 Å². The number of rotatable bonds is 10. The van der Waals surface area contributed by atoms with Crippen LogP contribution >= 0.6 is 0 Å². The Morgan fingerprint density at radius 2 is 2.00 bits per heavy atom. The fraction of sp³-hybridized carbons (Fsp3) is 0.538. The topological polar surface area (TPSA) is 103 Å². The maximum absolute atomic E-state index is 11.7.